The number of carbonyl (C=O) groups is 7. The second kappa shape index (κ2) is 18.1. The van der Waals surface area contributed by atoms with Crippen molar-refractivity contribution in [3.8, 4) is 0 Å². The van der Waals surface area contributed by atoms with Crippen LogP contribution in [-0.2, 0) is 46.4 Å². The molecule has 2 atom stereocenters. The summed E-state index contributed by atoms with van der Waals surface area (Å²) in [6.07, 6.45) is 3.68. The third-order valence-electron chi connectivity index (χ3n) is 9.36. The van der Waals surface area contributed by atoms with E-state index in [9.17, 15) is 43.8 Å². The van der Waals surface area contributed by atoms with E-state index in [0.29, 0.717) is 37.8 Å². The molecule has 276 valence electrons. The Labute approximate surface area is 301 Å². The summed E-state index contributed by atoms with van der Waals surface area (Å²) in [6, 6.07) is 17.5. The number of hydrogen-bond acceptors (Lipinski definition) is 7. The van der Waals surface area contributed by atoms with Gasteiger partial charge in [0.1, 0.15) is 23.4 Å². The number of carbonyl (C=O) groups excluding carboxylic acids is 5. The number of nitrogens with one attached hydrogen (secondary N) is 4. The number of aryl methyl sites for hydroxylation is 1. The van der Waals surface area contributed by atoms with Gasteiger partial charge in [-0.3, -0.25) is 33.6 Å². The number of fused-ring (bicyclic) bond motifs is 1. The van der Waals surface area contributed by atoms with E-state index in [2.05, 4.69) is 27.3 Å². The fourth-order valence-corrected chi connectivity index (χ4v) is 6.73. The summed E-state index contributed by atoms with van der Waals surface area (Å²) >= 11 is 0. The van der Waals surface area contributed by atoms with Gasteiger partial charge in [0.15, 0.2) is 5.92 Å². The van der Waals surface area contributed by atoms with Crippen molar-refractivity contribution in [3.63, 3.8) is 0 Å². The van der Waals surface area contributed by atoms with Gasteiger partial charge in [0.05, 0.1) is 0 Å². The van der Waals surface area contributed by atoms with Crippen molar-refractivity contribution < 1.29 is 43.8 Å². The minimum Gasteiger partial charge on any atom is -0.480 e. The van der Waals surface area contributed by atoms with Gasteiger partial charge in [0.2, 0.25) is 23.6 Å². The third kappa shape index (κ3) is 10.5. The largest absolute Gasteiger partial charge is 0.480 e. The van der Waals surface area contributed by atoms with Gasteiger partial charge in [-0.15, -0.1) is 0 Å². The average molecular weight is 715 g/mol. The Kier molecular flexibility index (Phi) is 13.6. The summed E-state index contributed by atoms with van der Waals surface area (Å²) in [6.45, 7) is 2.89. The number of hydrogen-bond donors (Lipinski definition) is 6. The lowest BCUT2D eigenvalue weighted by Crippen LogP contribution is -2.65. The molecule has 0 aliphatic heterocycles. The molecule has 0 aromatic heterocycles. The molecule has 1 fully saturated rings. The van der Waals surface area contributed by atoms with Gasteiger partial charge in [0.25, 0.3) is 0 Å². The monoisotopic (exact) mass is 714 g/mol. The van der Waals surface area contributed by atoms with Crippen LogP contribution in [-0.4, -0.2) is 75.7 Å². The van der Waals surface area contributed by atoms with Gasteiger partial charge in [-0.2, -0.15) is 0 Å². The summed E-state index contributed by atoms with van der Waals surface area (Å²) in [5.74, 6) is -7.37. The second-order valence-corrected chi connectivity index (χ2v) is 13.4. The van der Waals surface area contributed by atoms with Crippen molar-refractivity contribution in [2.45, 2.75) is 95.2 Å². The van der Waals surface area contributed by atoms with Crippen LogP contribution in [0.15, 0.2) is 66.7 Å². The van der Waals surface area contributed by atoms with E-state index >= 15 is 0 Å². The Morgan fingerprint density at radius 2 is 1.40 bits per heavy atom. The SMILES string of the molecule is CC(=O)C[C@H](NC(=O)C1(NC(=O)[C@@H](Cc2ccc(C(C(=O)O)C(=O)O)cc2)NC(C)=O)CCCCC1)C(=O)NCCCc1cccc2ccccc12. The van der Waals surface area contributed by atoms with Crippen LogP contribution in [0.25, 0.3) is 10.8 Å². The predicted molar refractivity (Wildman–Crippen MR) is 192 cm³/mol. The van der Waals surface area contributed by atoms with Crippen LogP contribution in [0, 0.1) is 0 Å². The zero-order valence-electron chi connectivity index (χ0n) is 29.4. The van der Waals surface area contributed by atoms with E-state index < -0.39 is 59.1 Å². The van der Waals surface area contributed by atoms with Gasteiger partial charge in [0, 0.05) is 26.3 Å². The first-order valence-electron chi connectivity index (χ1n) is 17.5. The molecule has 1 aliphatic carbocycles. The lowest BCUT2D eigenvalue weighted by atomic mass is 9.80. The quantitative estimate of drug-likeness (QED) is 0.0895. The van der Waals surface area contributed by atoms with Crippen molar-refractivity contribution in [2.24, 2.45) is 0 Å². The average Bonchev–Trinajstić information content (AvgIpc) is 3.10. The molecule has 13 nitrogen and oxygen atoms in total. The maximum atomic E-state index is 14.0. The van der Waals surface area contributed by atoms with Crippen molar-refractivity contribution in [3.05, 3.63) is 83.4 Å². The molecular weight excluding hydrogens is 668 g/mol. The van der Waals surface area contributed by atoms with E-state index in [4.69, 9.17) is 0 Å². The van der Waals surface area contributed by atoms with Crippen LogP contribution in [0.1, 0.15) is 81.4 Å². The maximum Gasteiger partial charge on any atom is 0.322 e. The minimum atomic E-state index is -1.77. The van der Waals surface area contributed by atoms with Crippen molar-refractivity contribution in [2.75, 3.05) is 6.54 Å². The highest BCUT2D eigenvalue weighted by atomic mass is 16.4. The predicted octanol–water partition coefficient (Wildman–Crippen LogP) is 3.17. The van der Waals surface area contributed by atoms with Gasteiger partial charge in [-0.05, 0) is 60.1 Å². The summed E-state index contributed by atoms with van der Waals surface area (Å²) in [4.78, 5) is 88.4. The van der Waals surface area contributed by atoms with Crippen LogP contribution in [0.3, 0.4) is 0 Å². The fourth-order valence-electron chi connectivity index (χ4n) is 6.73. The molecule has 0 radical (unpaired) electrons. The maximum absolute atomic E-state index is 14.0. The number of amides is 4. The Morgan fingerprint density at radius 3 is 2.04 bits per heavy atom. The zero-order valence-corrected chi connectivity index (χ0v) is 29.4. The molecule has 6 N–H and O–H groups in total. The molecule has 0 bridgehead atoms. The number of carboxylic acid groups (broad SMARTS) is 2. The van der Waals surface area contributed by atoms with Crippen molar-refractivity contribution >= 4 is 52.1 Å². The Morgan fingerprint density at radius 1 is 0.750 bits per heavy atom. The van der Waals surface area contributed by atoms with E-state index in [-0.39, 0.29) is 37.0 Å². The highest BCUT2D eigenvalue weighted by Gasteiger charge is 2.43. The molecule has 4 amide bonds. The van der Waals surface area contributed by atoms with Gasteiger partial charge in [-0.1, -0.05) is 86.0 Å². The summed E-state index contributed by atoms with van der Waals surface area (Å²) < 4.78 is 0. The van der Waals surface area contributed by atoms with E-state index in [1.165, 1.54) is 38.1 Å². The fraction of sp³-hybridized carbons (Fsp3) is 0.410. The molecule has 0 unspecified atom stereocenters. The number of benzene rings is 3. The zero-order chi connectivity index (χ0) is 37.8. The Balaban J connectivity index is 1.44. The molecule has 4 rings (SSSR count). The van der Waals surface area contributed by atoms with Crippen LogP contribution in [0.4, 0.5) is 0 Å². The molecule has 0 spiro atoms. The van der Waals surface area contributed by atoms with Crippen LogP contribution in [0.2, 0.25) is 0 Å². The minimum absolute atomic E-state index is 0.0380. The number of Topliss-reactive ketones (excluding diaryl/α,β-unsaturated/α-hetero) is 1. The molecule has 13 heteroatoms. The molecule has 52 heavy (non-hydrogen) atoms. The normalized spacial score (nSPS) is 14.8. The first-order chi connectivity index (χ1) is 24.8. The standard InChI is InChI=1S/C39H46N4O9/c1-24(44)22-31(34(46)40-21-9-13-28-12-8-11-27-10-4-5-14-30(27)28)42-38(52)39(19-6-3-7-20-39)43-35(47)32(41-25(2)45)23-26-15-17-29(18-16-26)33(36(48)49)37(50)51/h4-5,8,10-12,14-18,31-33H,3,6-7,9,13,19-23H2,1-2H3,(H,40,46)(H,41,45)(H,42,52)(H,43,47)(H,48,49)(H,50,51)/t31-,32+/m0/s1. The number of aliphatic carboxylic acids is 2. The van der Waals surface area contributed by atoms with Gasteiger partial charge >= 0.3 is 11.9 Å². The third-order valence-corrected chi connectivity index (χ3v) is 9.36. The Hall–Kier alpha value is -5.59. The number of rotatable bonds is 17. The van der Waals surface area contributed by atoms with E-state index in [1.54, 1.807) is 0 Å². The molecule has 0 saturated heterocycles. The molecule has 3 aromatic carbocycles. The number of ketones is 1. The summed E-state index contributed by atoms with van der Waals surface area (Å²) in [5.41, 5.74) is 0.287. The van der Waals surface area contributed by atoms with Gasteiger partial charge < -0.3 is 31.5 Å². The smallest absolute Gasteiger partial charge is 0.322 e. The van der Waals surface area contributed by atoms with Crippen molar-refractivity contribution in [1.29, 1.82) is 0 Å². The number of carboxylic acids is 2. The van der Waals surface area contributed by atoms with E-state index in [0.717, 1.165) is 22.8 Å². The molecule has 1 saturated carbocycles. The van der Waals surface area contributed by atoms with E-state index in [1.807, 2.05) is 36.4 Å². The highest BCUT2D eigenvalue weighted by molar-refractivity contribution is 5.99. The molecule has 1 aliphatic rings. The molecule has 3 aromatic rings. The van der Waals surface area contributed by atoms with Crippen LogP contribution in [0.5, 0.6) is 0 Å². The summed E-state index contributed by atoms with van der Waals surface area (Å²) in [7, 11) is 0. The first kappa shape index (κ1) is 39.2. The second-order valence-electron chi connectivity index (χ2n) is 13.4. The van der Waals surface area contributed by atoms with Crippen molar-refractivity contribution in [1.82, 2.24) is 21.3 Å². The lowest BCUT2D eigenvalue weighted by molar-refractivity contribution is -0.150. The van der Waals surface area contributed by atoms with Crippen LogP contribution >= 0.6 is 0 Å². The van der Waals surface area contributed by atoms with Gasteiger partial charge in [-0.25, -0.2) is 0 Å². The molecule has 0 heterocycles. The first-order valence-corrected chi connectivity index (χ1v) is 17.5. The summed E-state index contributed by atoms with van der Waals surface area (Å²) in [5, 5.41) is 31.9. The highest BCUT2D eigenvalue weighted by Crippen LogP contribution is 2.29. The topological polar surface area (TPSA) is 208 Å². The lowest BCUT2D eigenvalue weighted by Gasteiger charge is -2.38. The Bertz CT molecular complexity index is 1780. The van der Waals surface area contributed by atoms with Crippen LogP contribution < -0.4 is 21.3 Å². The molecular formula is C39H46N4O9.